The van der Waals surface area contributed by atoms with Gasteiger partial charge in [0, 0.05) is 6.42 Å². The van der Waals surface area contributed by atoms with E-state index in [2.05, 4.69) is 0 Å². The number of ether oxygens (including phenoxy) is 1. The van der Waals surface area contributed by atoms with Crippen LogP contribution in [0.15, 0.2) is 0 Å². The number of carbonyl (C=O) groups is 1. The first-order valence-electron chi connectivity index (χ1n) is 7.60. The van der Waals surface area contributed by atoms with Crippen LogP contribution >= 0.6 is 0 Å². The predicted octanol–water partition coefficient (Wildman–Crippen LogP) is 2.09. The van der Waals surface area contributed by atoms with Gasteiger partial charge >= 0.3 is 5.97 Å². The lowest BCUT2D eigenvalue weighted by molar-refractivity contribution is -0.144. The Morgan fingerprint density at radius 2 is 1.72 bits per heavy atom. The third kappa shape index (κ3) is 1.56. The van der Waals surface area contributed by atoms with Crippen molar-refractivity contribution >= 4 is 5.97 Å². The van der Waals surface area contributed by atoms with Gasteiger partial charge in [-0.25, -0.2) is 0 Å². The summed E-state index contributed by atoms with van der Waals surface area (Å²) in [5.74, 6) is 4.26. The van der Waals surface area contributed by atoms with Crippen LogP contribution in [0, 0.1) is 29.6 Å². The Bertz CT molecular complexity index is 353. The van der Waals surface area contributed by atoms with Gasteiger partial charge in [0.25, 0.3) is 0 Å². The zero-order valence-corrected chi connectivity index (χ0v) is 10.9. The molecule has 0 amide bonds. The second-order valence-electron chi connectivity index (χ2n) is 7.34. The van der Waals surface area contributed by atoms with Crippen molar-refractivity contribution in [3.63, 3.8) is 0 Å². The van der Waals surface area contributed by atoms with Gasteiger partial charge < -0.3 is 10.5 Å². The Kier molecular flexibility index (Phi) is 2.33. The number of hydrogen-bond donors (Lipinski definition) is 1. The molecule has 100 valence electrons. The molecule has 0 aromatic carbocycles. The van der Waals surface area contributed by atoms with Crippen molar-refractivity contribution in [2.45, 2.75) is 50.5 Å². The maximum Gasteiger partial charge on any atom is 0.326 e. The SMILES string of the molecule is NC1(CC2C3CC4CC(C3)CC2C4)CCOC1=O. The van der Waals surface area contributed by atoms with Gasteiger partial charge in [0.15, 0.2) is 0 Å². The summed E-state index contributed by atoms with van der Waals surface area (Å²) in [4.78, 5) is 11.8. The van der Waals surface area contributed by atoms with E-state index < -0.39 is 5.54 Å². The Morgan fingerprint density at radius 3 is 2.22 bits per heavy atom. The fourth-order valence-electron chi connectivity index (χ4n) is 5.55. The first kappa shape index (κ1) is 11.3. The average molecular weight is 249 g/mol. The minimum Gasteiger partial charge on any atom is -0.464 e. The van der Waals surface area contributed by atoms with Gasteiger partial charge in [0.05, 0.1) is 6.61 Å². The lowest BCUT2D eigenvalue weighted by atomic mass is 9.50. The van der Waals surface area contributed by atoms with Crippen molar-refractivity contribution < 1.29 is 9.53 Å². The molecule has 1 unspecified atom stereocenters. The van der Waals surface area contributed by atoms with Crippen molar-refractivity contribution in [1.82, 2.24) is 0 Å². The molecule has 5 fully saturated rings. The third-order valence-electron chi connectivity index (χ3n) is 6.21. The molecule has 1 heterocycles. The van der Waals surface area contributed by atoms with Crippen LogP contribution in [-0.2, 0) is 9.53 Å². The normalized spacial score (nSPS) is 53.8. The second-order valence-corrected chi connectivity index (χ2v) is 7.34. The molecular weight excluding hydrogens is 226 g/mol. The van der Waals surface area contributed by atoms with Crippen molar-refractivity contribution in [2.75, 3.05) is 6.61 Å². The molecule has 4 bridgehead atoms. The molecule has 4 saturated carbocycles. The van der Waals surface area contributed by atoms with E-state index in [1.54, 1.807) is 0 Å². The zero-order chi connectivity index (χ0) is 12.3. The quantitative estimate of drug-likeness (QED) is 0.762. The smallest absolute Gasteiger partial charge is 0.326 e. The molecule has 18 heavy (non-hydrogen) atoms. The van der Waals surface area contributed by atoms with Crippen LogP contribution in [0.1, 0.15) is 44.9 Å². The minimum absolute atomic E-state index is 0.142. The van der Waals surface area contributed by atoms with Crippen LogP contribution in [-0.4, -0.2) is 18.1 Å². The highest BCUT2D eigenvalue weighted by molar-refractivity contribution is 5.82. The summed E-state index contributed by atoms with van der Waals surface area (Å²) in [5.41, 5.74) is 5.66. The number of carbonyl (C=O) groups excluding carboxylic acids is 1. The van der Waals surface area contributed by atoms with Crippen LogP contribution in [0.4, 0.5) is 0 Å². The van der Waals surface area contributed by atoms with E-state index in [4.69, 9.17) is 10.5 Å². The second kappa shape index (κ2) is 3.72. The molecule has 1 atom stereocenters. The maximum absolute atomic E-state index is 11.8. The van der Waals surface area contributed by atoms with Crippen LogP contribution in [0.5, 0.6) is 0 Å². The van der Waals surface area contributed by atoms with E-state index in [1.165, 1.54) is 32.1 Å². The Hall–Kier alpha value is -0.570. The van der Waals surface area contributed by atoms with E-state index in [0.29, 0.717) is 12.5 Å². The van der Waals surface area contributed by atoms with Gasteiger partial charge in [0.2, 0.25) is 0 Å². The largest absolute Gasteiger partial charge is 0.464 e. The lowest BCUT2D eigenvalue weighted by Gasteiger charge is -2.55. The van der Waals surface area contributed by atoms with Gasteiger partial charge in [-0.3, -0.25) is 4.79 Å². The summed E-state index contributed by atoms with van der Waals surface area (Å²) in [5, 5.41) is 0. The van der Waals surface area contributed by atoms with Crippen LogP contribution in [0.3, 0.4) is 0 Å². The van der Waals surface area contributed by atoms with Gasteiger partial charge in [-0.05, 0) is 68.1 Å². The summed E-state index contributed by atoms with van der Waals surface area (Å²) in [7, 11) is 0. The minimum atomic E-state index is -0.653. The van der Waals surface area contributed by atoms with Crippen molar-refractivity contribution in [1.29, 1.82) is 0 Å². The third-order valence-corrected chi connectivity index (χ3v) is 6.21. The van der Waals surface area contributed by atoms with Gasteiger partial charge in [-0.1, -0.05) is 0 Å². The molecule has 5 aliphatic rings. The average Bonchev–Trinajstić information content (AvgIpc) is 2.64. The zero-order valence-electron chi connectivity index (χ0n) is 10.9. The number of rotatable bonds is 2. The molecule has 0 radical (unpaired) electrons. The van der Waals surface area contributed by atoms with Gasteiger partial charge in [0.1, 0.15) is 5.54 Å². The van der Waals surface area contributed by atoms with Crippen molar-refractivity contribution in [3.8, 4) is 0 Å². The molecule has 4 aliphatic carbocycles. The summed E-state index contributed by atoms with van der Waals surface area (Å²) in [6.45, 7) is 0.530. The molecule has 3 heteroatoms. The fourth-order valence-corrected chi connectivity index (χ4v) is 5.55. The van der Waals surface area contributed by atoms with E-state index in [9.17, 15) is 4.79 Å². The molecule has 0 aromatic rings. The Morgan fingerprint density at radius 1 is 1.11 bits per heavy atom. The van der Waals surface area contributed by atoms with Crippen LogP contribution in [0.2, 0.25) is 0 Å². The molecule has 3 nitrogen and oxygen atoms in total. The lowest BCUT2D eigenvalue weighted by Crippen LogP contribution is -2.52. The molecule has 0 aromatic heterocycles. The predicted molar refractivity (Wildman–Crippen MR) is 67.6 cm³/mol. The summed E-state index contributed by atoms with van der Waals surface area (Å²) >= 11 is 0. The van der Waals surface area contributed by atoms with Crippen LogP contribution in [0.25, 0.3) is 0 Å². The number of esters is 1. The molecule has 5 rings (SSSR count). The summed E-state index contributed by atoms with van der Waals surface area (Å²) in [6.07, 6.45) is 8.72. The molecular formula is C15H23NO2. The van der Waals surface area contributed by atoms with Gasteiger partial charge in [-0.2, -0.15) is 0 Å². The van der Waals surface area contributed by atoms with Crippen molar-refractivity contribution in [3.05, 3.63) is 0 Å². The monoisotopic (exact) mass is 249 g/mol. The van der Waals surface area contributed by atoms with Gasteiger partial charge in [-0.15, -0.1) is 0 Å². The van der Waals surface area contributed by atoms with E-state index in [1.807, 2.05) is 0 Å². The Labute approximate surface area is 108 Å². The topological polar surface area (TPSA) is 52.3 Å². The first-order chi connectivity index (χ1) is 8.64. The highest BCUT2D eigenvalue weighted by atomic mass is 16.5. The molecule has 0 spiro atoms. The van der Waals surface area contributed by atoms with E-state index in [-0.39, 0.29) is 5.97 Å². The molecule has 2 N–H and O–H groups in total. The number of nitrogens with two attached hydrogens (primary N) is 1. The first-order valence-corrected chi connectivity index (χ1v) is 7.60. The highest BCUT2D eigenvalue weighted by Gasteiger charge is 2.52. The summed E-state index contributed by atoms with van der Waals surface area (Å²) in [6, 6.07) is 0. The number of hydrogen-bond acceptors (Lipinski definition) is 3. The highest BCUT2D eigenvalue weighted by Crippen LogP contribution is 2.58. The molecule has 1 aliphatic heterocycles. The van der Waals surface area contributed by atoms with Crippen molar-refractivity contribution in [2.24, 2.45) is 35.3 Å². The standard InChI is InChI=1S/C15H23NO2/c16-15(1-2-18-14(15)17)8-13-11-4-9-3-10(6-11)7-12(13)5-9/h9-13H,1-8,16H2. The summed E-state index contributed by atoms with van der Waals surface area (Å²) < 4.78 is 5.10. The molecule has 1 saturated heterocycles. The van der Waals surface area contributed by atoms with E-state index in [0.717, 1.165) is 36.5 Å². The fraction of sp³-hybridized carbons (Fsp3) is 0.933. The maximum atomic E-state index is 11.8. The van der Waals surface area contributed by atoms with E-state index >= 15 is 0 Å². The number of cyclic esters (lactones) is 1. The van der Waals surface area contributed by atoms with Crippen LogP contribution < -0.4 is 5.73 Å². The Balaban J connectivity index is 1.53.